The molecule has 0 aliphatic carbocycles. The summed E-state index contributed by atoms with van der Waals surface area (Å²) in [5.74, 6) is 0. The Hall–Kier alpha value is -2.97. The SMILES string of the molecule is Sc1ccccc1-c1ccc2c(c1)[nH]c1ccc(-c3ccccc3)cc12. The van der Waals surface area contributed by atoms with Gasteiger partial charge in [-0.15, -0.1) is 12.6 Å². The quantitative estimate of drug-likeness (QED) is 0.320. The van der Waals surface area contributed by atoms with E-state index in [4.69, 9.17) is 0 Å². The molecule has 0 aliphatic rings. The van der Waals surface area contributed by atoms with E-state index in [1.165, 1.54) is 27.5 Å². The second kappa shape index (κ2) is 6.08. The third-order valence-electron chi connectivity index (χ3n) is 4.92. The summed E-state index contributed by atoms with van der Waals surface area (Å²) in [5.41, 5.74) is 7.13. The highest BCUT2D eigenvalue weighted by Gasteiger charge is 2.09. The van der Waals surface area contributed by atoms with Crippen LogP contribution >= 0.6 is 12.6 Å². The molecule has 26 heavy (non-hydrogen) atoms. The molecule has 0 amide bonds. The van der Waals surface area contributed by atoms with Gasteiger partial charge in [-0.3, -0.25) is 0 Å². The molecule has 4 aromatic carbocycles. The summed E-state index contributed by atoms with van der Waals surface area (Å²) < 4.78 is 0. The molecule has 5 aromatic rings. The molecule has 0 radical (unpaired) electrons. The molecule has 0 fully saturated rings. The van der Waals surface area contributed by atoms with Gasteiger partial charge in [-0.2, -0.15) is 0 Å². The van der Waals surface area contributed by atoms with Crippen molar-refractivity contribution in [3.05, 3.63) is 91.0 Å². The van der Waals surface area contributed by atoms with Crippen LogP contribution in [0.1, 0.15) is 0 Å². The van der Waals surface area contributed by atoms with E-state index in [2.05, 4.69) is 96.5 Å². The average Bonchev–Trinajstić information content (AvgIpc) is 3.06. The Labute approximate surface area is 157 Å². The normalized spacial score (nSPS) is 11.3. The second-order valence-electron chi connectivity index (χ2n) is 6.53. The lowest BCUT2D eigenvalue weighted by Gasteiger charge is -2.05. The monoisotopic (exact) mass is 351 g/mol. The number of nitrogens with one attached hydrogen (secondary N) is 1. The van der Waals surface area contributed by atoms with Crippen LogP contribution in [0.3, 0.4) is 0 Å². The summed E-state index contributed by atoms with van der Waals surface area (Å²) in [6.07, 6.45) is 0. The molecule has 0 unspecified atom stereocenters. The van der Waals surface area contributed by atoms with Crippen LogP contribution in [0.15, 0.2) is 95.9 Å². The van der Waals surface area contributed by atoms with Gasteiger partial charge in [-0.05, 0) is 46.5 Å². The highest BCUT2D eigenvalue weighted by Crippen LogP contribution is 2.34. The number of aromatic amines is 1. The molecule has 1 nitrogen and oxygen atoms in total. The van der Waals surface area contributed by atoms with Gasteiger partial charge in [0.1, 0.15) is 0 Å². The lowest BCUT2D eigenvalue weighted by molar-refractivity contribution is 1.46. The number of H-pyrrole nitrogens is 1. The van der Waals surface area contributed by atoms with Crippen LogP contribution < -0.4 is 0 Å². The standard InChI is InChI=1S/C24H17NS/c26-24-9-5-4-8-19(24)18-10-12-20-21-14-17(16-6-2-1-3-7-16)11-13-22(21)25-23(20)15-18/h1-15,25-26H. The zero-order valence-corrected chi connectivity index (χ0v) is 15.0. The van der Waals surface area contributed by atoms with Crippen molar-refractivity contribution in [3.63, 3.8) is 0 Å². The van der Waals surface area contributed by atoms with Gasteiger partial charge in [0, 0.05) is 26.7 Å². The largest absolute Gasteiger partial charge is 0.354 e. The minimum atomic E-state index is 0.995. The van der Waals surface area contributed by atoms with E-state index >= 15 is 0 Å². The highest BCUT2D eigenvalue weighted by molar-refractivity contribution is 7.80. The minimum absolute atomic E-state index is 0.995. The smallest absolute Gasteiger partial charge is 0.0471 e. The molecule has 0 atom stereocenters. The van der Waals surface area contributed by atoms with Gasteiger partial charge in [0.05, 0.1) is 0 Å². The Morgan fingerprint density at radius 2 is 1.31 bits per heavy atom. The Kier molecular flexibility index (Phi) is 3.58. The van der Waals surface area contributed by atoms with Crippen molar-refractivity contribution in [1.29, 1.82) is 0 Å². The van der Waals surface area contributed by atoms with E-state index in [9.17, 15) is 0 Å². The van der Waals surface area contributed by atoms with Crippen molar-refractivity contribution >= 4 is 34.4 Å². The fourth-order valence-corrected chi connectivity index (χ4v) is 3.89. The van der Waals surface area contributed by atoms with Crippen LogP contribution in [-0.2, 0) is 0 Å². The molecule has 1 heterocycles. The number of aromatic nitrogens is 1. The van der Waals surface area contributed by atoms with E-state index in [-0.39, 0.29) is 0 Å². The maximum Gasteiger partial charge on any atom is 0.0471 e. The van der Waals surface area contributed by atoms with Crippen LogP contribution in [0.25, 0.3) is 44.1 Å². The minimum Gasteiger partial charge on any atom is -0.354 e. The predicted molar refractivity (Wildman–Crippen MR) is 114 cm³/mol. The maximum atomic E-state index is 4.60. The molecule has 5 rings (SSSR count). The third kappa shape index (κ3) is 2.51. The van der Waals surface area contributed by atoms with Gasteiger partial charge >= 0.3 is 0 Å². The molecule has 0 bridgehead atoms. The molecule has 2 heteroatoms. The molecule has 124 valence electrons. The molecule has 0 saturated heterocycles. The van der Waals surface area contributed by atoms with Crippen molar-refractivity contribution in [2.45, 2.75) is 4.90 Å². The van der Waals surface area contributed by atoms with Crippen LogP contribution in [0.2, 0.25) is 0 Å². The summed E-state index contributed by atoms with van der Waals surface area (Å²) >= 11 is 4.60. The van der Waals surface area contributed by atoms with Gasteiger partial charge in [-0.1, -0.05) is 66.7 Å². The summed E-state index contributed by atoms with van der Waals surface area (Å²) in [4.78, 5) is 4.56. The first-order valence-electron chi connectivity index (χ1n) is 8.69. The first kappa shape index (κ1) is 15.3. The topological polar surface area (TPSA) is 15.8 Å². The number of hydrogen-bond donors (Lipinski definition) is 2. The first-order chi connectivity index (χ1) is 12.8. The average molecular weight is 351 g/mol. The Bertz CT molecular complexity index is 1240. The van der Waals surface area contributed by atoms with Gasteiger partial charge in [0.15, 0.2) is 0 Å². The second-order valence-corrected chi connectivity index (χ2v) is 7.01. The summed E-state index contributed by atoms with van der Waals surface area (Å²) in [6.45, 7) is 0. The summed E-state index contributed by atoms with van der Waals surface area (Å²) in [5, 5.41) is 2.50. The van der Waals surface area contributed by atoms with Crippen molar-refractivity contribution in [2.75, 3.05) is 0 Å². The van der Waals surface area contributed by atoms with Crippen molar-refractivity contribution < 1.29 is 0 Å². The zero-order chi connectivity index (χ0) is 17.5. The fraction of sp³-hybridized carbons (Fsp3) is 0. The number of rotatable bonds is 2. The van der Waals surface area contributed by atoms with Gasteiger partial charge in [0.25, 0.3) is 0 Å². The van der Waals surface area contributed by atoms with E-state index in [1.807, 2.05) is 12.1 Å². The van der Waals surface area contributed by atoms with Crippen LogP contribution in [0.4, 0.5) is 0 Å². The van der Waals surface area contributed by atoms with Gasteiger partial charge < -0.3 is 4.98 Å². The lowest BCUT2D eigenvalue weighted by Crippen LogP contribution is -1.80. The first-order valence-corrected chi connectivity index (χ1v) is 9.13. The molecular weight excluding hydrogens is 334 g/mol. The number of fused-ring (bicyclic) bond motifs is 3. The van der Waals surface area contributed by atoms with Crippen molar-refractivity contribution in [2.24, 2.45) is 0 Å². The van der Waals surface area contributed by atoms with Crippen molar-refractivity contribution in [3.8, 4) is 22.3 Å². The third-order valence-corrected chi connectivity index (χ3v) is 5.31. The zero-order valence-electron chi connectivity index (χ0n) is 14.1. The van der Waals surface area contributed by atoms with Crippen LogP contribution in [0, 0.1) is 0 Å². The molecule has 0 aliphatic heterocycles. The van der Waals surface area contributed by atoms with E-state index in [0.29, 0.717) is 0 Å². The van der Waals surface area contributed by atoms with Gasteiger partial charge in [-0.25, -0.2) is 0 Å². The molecule has 1 aromatic heterocycles. The maximum absolute atomic E-state index is 4.60. The molecule has 1 N–H and O–H groups in total. The summed E-state index contributed by atoms with van der Waals surface area (Å²) in [6, 6.07) is 31.9. The van der Waals surface area contributed by atoms with Crippen LogP contribution in [-0.4, -0.2) is 4.98 Å². The van der Waals surface area contributed by atoms with E-state index in [0.717, 1.165) is 21.5 Å². The Morgan fingerprint density at radius 1 is 0.538 bits per heavy atom. The molecule has 0 spiro atoms. The number of thiol groups is 1. The Morgan fingerprint density at radius 3 is 2.15 bits per heavy atom. The fourth-order valence-electron chi connectivity index (χ4n) is 3.60. The predicted octanol–water partition coefficient (Wildman–Crippen LogP) is 6.94. The van der Waals surface area contributed by atoms with E-state index < -0.39 is 0 Å². The van der Waals surface area contributed by atoms with Crippen molar-refractivity contribution in [1.82, 2.24) is 4.98 Å². The molecule has 0 saturated carbocycles. The highest BCUT2D eigenvalue weighted by atomic mass is 32.1. The summed E-state index contributed by atoms with van der Waals surface area (Å²) in [7, 11) is 0. The lowest BCUT2D eigenvalue weighted by atomic mass is 10.0. The Balaban J connectivity index is 1.69. The van der Waals surface area contributed by atoms with Crippen LogP contribution in [0.5, 0.6) is 0 Å². The number of hydrogen-bond acceptors (Lipinski definition) is 1. The molecular formula is C24H17NS. The number of benzene rings is 4. The van der Waals surface area contributed by atoms with Gasteiger partial charge in [0.2, 0.25) is 0 Å². The van der Waals surface area contributed by atoms with E-state index in [1.54, 1.807) is 0 Å².